The fraction of sp³-hybridized carbons (Fsp3) is 0.364. The molecule has 0 aliphatic rings. The second-order valence-corrected chi connectivity index (χ2v) is 21.5. The first kappa shape index (κ1) is 79.6. The smallest absolute Gasteiger partial charge is 0.230 e. The summed E-state index contributed by atoms with van der Waals surface area (Å²) < 4.78 is 18.8. The molecular weight excluding hydrogens is 1170 g/mol. The van der Waals surface area contributed by atoms with E-state index < -0.39 is 0 Å². The molecule has 4 aromatic heterocycles. The number of fused-ring (bicyclic) bond motifs is 17. The van der Waals surface area contributed by atoms with Gasteiger partial charge in [0, 0.05) is 49.2 Å². The Kier molecular flexibility index (Phi) is 32.0. The van der Waals surface area contributed by atoms with E-state index in [2.05, 4.69) is 302 Å². The summed E-state index contributed by atoms with van der Waals surface area (Å²) in [5.74, 6) is 5.20. The molecule has 0 saturated carbocycles. The van der Waals surface area contributed by atoms with Crippen molar-refractivity contribution in [3.8, 4) is 0 Å². The summed E-state index contributed by atoms with van der Waals surface area (Å²) in [5, 5.41) is 18.6. The molecule has 0 unspecified atom stereocenters. The highest BCUT2D eigenvalue weighted by atomic mass is 15.2. The van der Waals surface area contributed by atoms with Crippen molar-refractivity contribution < 1.29 is 18.3 Å². The third-order valence-corrected chi connectivity index (χ3v) is 17.7. The molecule has 510 valence electrons. The van der Waals surface area contributed by atoms with Crippen LogP contribution in [0.1, 0.15) is 162 Å². The molecule has 0 N–H and O–H groups in total. The number of hydrogen-bond donors (Lipinski definition) is 0. The van der Waals surface area contributed by atoms with Crippen molar-refractivity contribution in [2.24, 2.45) is 28.2 Å². The van der Waals surface area contributed by atoms with E-state index in [-0.39, 0.29) is 0 Å². The Bertz CT molecular complexity index is 4850. The monoisotopic (exact) mass is 1290 g/mol. The highest BCUT2D eigenvalue weighted by Crippen LogP contribution is 2.34. The summed E-state index contributed by atoms with van der Waals surface area (Å²) in [6, 6.07) is 66.0. The van der Waals surface area contributed by atoms with Crippen LogP contribution in [-0.4, -0.2) is 18.3 Å². The topological polar surface area (TPSA) is 35.2 Å². The molecular formula is C88H122N8+4. The van der Waals surface area contributed by atoms with Crippen LogP contribution in [0.15, 0.2) is 182 Å². The van der Waals surface area contributed by atoms with E-state index in [1.54, 1.807) is 0 Å². The molecule has 96 heavy (non-hydrogen) atoms. The van der Waals surface area contributed by atoms with Crippen LogP contribution < -0.4 is 18.3 Å². The Morgan fingerprint density at radius 3 is 0.948 bits per heavy atom. The van der Waals surface area contributed by atoms with Crippen LogP contribution in [0, 0.1) is 27.7 Å². The Morgan fingerprint density at radius 1 is 0.229 bits per heavy atom. The third kappa shape index (κ3) is 15.5. The van der Waals surface area contributed by atoms with Crippen molar-refractivity contribution in [1.29, 1.82) is 0 Å². The fourth-order valence-electron chi connectivity index (χ4n) is 13.2. The van der Waals surface area contributed by atoms with Crippen molar-refractivity contribution in [2.45, 2.75) is 192 Å². The van der Waals surface area contributed by atoms with Crippen molar-refractivity contribution in [1.82, 2.24) is 18.3 Å². The molecule has 0 amide bonds. The molecule has 0 saturated heterocycles. The average Bonchev–Trinajstić information content (AvgIpc) is 1.53. The van der Waals surface area contributed by atoms with E-state index >= 15 is 0 Å². The fourth-order valence-corrected chi connectivity index (χ4v) is 13.2. The second kappa shape index (κ2) is 38.6. The van der Waals surface area contributed by atoms with Gasteiger partial charge in [0.05, 0.1) is 54.4 Å². The number of hydrogen-bond acceptors (Lipinski definition) is 0. The highest BCUT2D eigenvalue weighted by molar-refractivity contribution is 6.18. The van der Waals surface area contributed by atoms with Gasteiger partial charge in [-0.1, -0.05) is 220 Å². The van der Waals surface area contributed by atoms with Crippen molar-refractivity contribution in [2.75, 3.05) is 0 Å². The normalized spacial score (nSPS) is 10.2. The lowest BCUT2D eigenvalue weighted by atomic mass is 10.0. The van der Waals surface area contributed by atoms with E-state index in [4.69, 9.17) is 0 Å². The first-order valence-corrected chi connectivity index (χ1v) is 36.6. The van der Waals surface area contributed by atoms with E-state index in [1.165, 1.54) is 143 Å². The van der Waals surface area contributed by atoms with E-state index in [1.807, 2.05) is 111 Å². The SMILES string of the molecule is CC.CC.CC.CC.CC.CC.CC.CC.CC[n+]1c(C)n(C)c2ccc3c4ccccc4ccc3c21.CC[n+]1c(C)n(C)c2ccc3cc4ccccc4cc3c21.CC[n+]1c(C)n(C)c2ccc3ccc4ccccc4c3c21.CC[n+]1c(C)n(C)c2ccc3ccccc3c21. The van der Waals surface area contributed by atoms with Gasteiger partial charge in [-0.25, -0.2) is 36.5 Å². The maximum Gasteiger partial charge on any atom is 0.254 e. The Labute approximate surface area is 578 Å². The molecule has 11 aromatic carbocycles. The number of nitrogens with zero attached hydrogens (tertiary/aromatic N) is 8. The van der Waals surface area contributed by atoms with Gasteiger partial charge in [-0.15, -0.1) is 0 Å². The Balaban J connectivity index is 0.000000255. The van der Waals surface area contributed by atoms with E-state index in [0.717, 1.165) is 26.2 Å². The summed E-state index contributed by atoms with van der Waals surface area (Å²) in [7, 11) is 8.59. The van der Waals surface area contributed by atoms with Gasteiger partial charge in [0.1, 0.15) is 0 Å². The standard InChI is InChI=1S/3C19H19N2.C15H17N2.8C2H6/c1-4-21-13(2)20(3)18-10-9-16-11-14-7-5-6-8-15(14)12-17(16)19(18)21;1-4-21-13(2)20(3)17-12-11-15-10-9-14-7-5-6-8-16(14)18(15)19(17)21;1-4-21-13(2)20(3)18-12-11-16-15-8-6-5-7-14(15)9-10-17(16)19(18)21;1-4-17-11(2)16(3)14-10-9-12-7-5-6-8-13(12)15(14)17;8*1-2/h3*5-12H,4H2,1-3H3;5-10H,4H2,1-3H3;8*1-2H3/q4*+1;;;;;;;;. The van der Waals surface area contributed by atoms with Crippen molar-refractivity contribution in [3.63, 3.8) is 0 Å². The van der Waals surface area contributed by atoms with Crippen LogP contribution in [-0.2, 0) is 54.4 Å². The Hall–Kier alpha value is -8.88. The molecule has 8 nitrogen and oxygen atoms in total. The lowest BCUT2D eigenvalue weighted by Gasteiger charge is -2.05. The molecule has 0 spiro atoms. The maximum atomic E-state index is 2.42. The van der Waals surface area contributed by atoms with Gasteiger partial charge in [-0.05, 0) is 154 Å². The Morgan fingerprint density at radius 2 is 0.500 bits per heavy atom. The molecule has 15 aromatic rings. The third-order valence-electron chi connectivity index (χ3n) is 17.7. The van der Waals surface area contributed by atoms with Crippen molar-refractivity contribution >= 4 is 120 Å². The minimum absolute atomic E-state index is 0.992. The molecule has 0 aliphatic carbocycles. The van der Waals surface area contributed by atoms with Gasteiger partial charge in [0.2, 0.25) is 0 Å². The van der Waals surface area contributed by atoms with Crippen LogP contribution in [0.3, 0.4) is 0 Å². The highest BCUT2D eigenvalue weighted by Gasteiger charge is 2.25. The zero-order chi connectivity index (χ0) is 71.7. The summed E-state index contributed by atoms with van der Waals surface area (Å²) in [6.07, 6.45) is 0. The zero-order valence-electron chi connectivity index (χ0n) is 64.7. The molecule has 0 bridgehead atoms. The second-order valence-electron chi connectivity index (χ2n) is 21.5. The van der Waals surface area contributed by atoms with Gasteiger partial charge in [0.15, 0.2) is 44.1 Å². The largest absolute Gasteiger partial charge is 0.254 e. The number of aryl methyl sites for hydroxylation is 8. The van der Waals surface area contributed by atoms with Gasteiger partial charge in [-0.3, -0.25) is 0 Å². The lowest BCUT2D eigenvalue weighted by Crippen LogP contribution is -2.35. The number of imidazole rings is 4. The van der Waals surface area contributed by atoms with Crippen LogP contribution in [0.4, 0.5) is 0 Å². The van der Waals surface area contributed by atoms with Crippen LogP contribution in [0.25, 0.3) is 120 Å². The first-order chi connectivity index (χ1) is 46.9. The van der Waals surface area contributed by atoms with Crippen LogP contribution in [0.5, 0.6) is 0 Å². The minimum Gasteiger partial charge on any atom is -0.230 e. The summed E-state index contributed by atoms with van der Waals surface area (Å²) >= 11 is 0. The lowest BCUT2D eigenvalue weighted by molar-refractivity contribution is -0.674. The first-order valence-electron chi connectivity index (χ1n) is 36.6. The molecule has 0 radical (unpaired) electrons. The molecule has 15 rings (SSSR count). The van der Waals surface area contributed by atoms with Crippen molar-refractivity contribution in [3.05, 3.63) is 205 Å². The van der Waals surface area contributed by atoms with Crippen LogP contribution >= 0.6 is 0 Å². The van der Waals surface area contributed by atoms with Gasteiger partial charge < -0.3 is 0 Å². The molecule has 4 heterocycles. The number of rotatable bonds is 4. The summed E-state index contributed by atoms with van der Waals surface area (Å²) in [4.78, 5) is 0. The molecule has 0 atom stereocenters. The predicted octanol–water partition coefficient (Wildman–Crippen LogP) is 23.5. The van der Waals surface area contributed by atoms with E-state index in [9.17, 15) is 0 Å². The molecule has 0 aliphatic heterocycles. The van der Waals surface area contributed by atoms with Gasteiger partial charge in [0.25, 0.3) is 23.3 Å². The maximum absolute atomic E-state index is 2.42. The number of aromatic nitrogens is 8. The minimum atomic E-state index is 0.992. The molecule has 8 heteroatoms. The van der Waals surface area contributed by atoms with Crippen LogP contribution in [0.2, 0.25) is 0 Å². The summed E-state index contributed by atoms with van der Waals surface area (Å²) in [5.41, 5.74) is 10.6. The predicted molar refractivity (Wildman–Crippen MR) is 427 cm³/mol. The van der Waals surface area contributed by atoms with Gasteiger partial charge in [-0.2, -0.15) is 0 Å². The summed E-state index contributed by atoms with van der Waals surface area (Å²) in [6.45, 7) is 53.6. The average molecular weight is 1290 g/mol. The quantitative estimate of drug-likeness (QED) is 0.0956. The zero-order valence-corrected chi connectivity index (χ0v) is 64.7. The van der Waals surface area contributed by atoms with Gasteiger partial charge >= 0.3 is 0 Å². The number of benzene rings is 11. The molecule has 0 fully saturated rings. The van der Waals surface area contributed by atoms with E-state index in [0.29, 0.717) is 0 Å².